The zero-order valence-electron chi connectivity index (χ0n) is 16.5. The maximum Gasteiger partial charge on any atom is 0.271 e. The highest BCUT2D eigenvalue weighted by molar-refractivity contribution is 6.44. The average molecular weight is 386 g/mol. The molecule has 0 radical (unpaired) electrons. The SMILES string of the molecule is CCOCCNc1c(Nc2cc(C)ccn2)nc(NC)nc1C(=N)C(=O)NC. The van der Waals surface area contributed by atoms with E-state index in [-0.39, 0.29) is 17.4 Å². The molecule has 28 heavy (non-hydrogen) atoms. The molecule has 0 aliphatic rings. The van der Waals surface area contributed by atoms with E-state index < -0.39 is 5.91 Å². The Hall–Kier alpha value is -3.27. The van der Waals surface area contributed by atoms with Crippen LogP contribution in [-0.2, 0) is 9.53 Å². The van der Waals surface area contributed by atoms with E-state index in [9.17, 15) is 4.79 Å². The summed E-state index contributed by atoms with van der Waals surface area (Å²) in [6.07, 6.45) is 1.69. The van der Waals surface area contributed by atoms with Crippen LogP contribution < -0.4 is 21.3 Å². The fourth-order valence-electron chi connectivity index (χ4n) is 2.36. The molecule has 0 saturated heterocycles. The normalized spacial score (nSPS) is 10.3. The van der Waals surface area contributed by atoms with Gasteiger partial charge in [0.25, 0.3) is 5.91 Å². The minimum Gasteiger partial charge on any atom is -0.380 e. The number of hydrogen-bond acceptors (Lipinski definition) is 9. The average Bonchev–Trinajstić information content (AvgIpc) is 2.70. The van der Waals surface area contributed by atoms with Gasteiger partial charge in [-0.2, -0.15) is 4.98 Å². The number of hydrogen-bond donors (Lipinski definition) is 5. The van der Waals surface area contributed by atoms with Crippen molar-refractivity contribution in [1.29, 1.82) is 5.41 Å². The number of carbonyl (C=O) groups excluding carboxylic acids is 1. The maximum atomic E-state index is 12.1. The molecule has 0 aliphatic heterocycles. The van der Waals surface area contributed by atoms with Crippen LogP contribution in [0, 0.1) is 12.3 Å². The Labute approximate surface area is 164 Å². The summed E-state index contributed by atoms with van der Waals surface area (Å²) >= 11 is 0. The molecule has 0 spiro atoms. The Kier molecular flexibility index (Phi) is 7.64. The quantitative estimate of drug-likeness (QED) is 0.306. The molecule has 0 unspecified atom stereocenters. The van der Waals surface area contributed by atoms with Gasteiger partial charge in [0.2, 0.25) is 5.95 Å². The molecule has 2 heterocycles. The third-order valence-electron chi connectivity index (χ3n) is 3.74. The summed E-state index contributed by atoms with van der Waals surface area (Å²) in [6.45, 7) is 5.38. The molecule has 10 nitrogen and oxygen atoms in total. The number of aromatic nitrogens is 3. The first kappa shape index (κ1) is 21.0. The third-order valence-corrected chi connectivity index (χ3v) is 3.74. The molecule has 0 fully saturated rings. The van der Waals surface area contributed by atoms with E-state index >= 15 is 0 Å². The first-order chi connectivity index (χ1) is 13.5. The fourth-order valence-corrected chi connectivity index (χ4v) is 2.36. The van der Waals surface area contributed by atoms with Crippen molar-refractivity contribution in [3.05, 3.63) is 29.6 Å². The van der Waals surface area contributed by atoms with Crippen molar-refractivity contribution in [2.45, 2.75) is 13.8 Å². The number of nitrogens with one attached hydrogen (secondary N) is 5. The van der Waals surface area contributed by atoms with Crippen LogP contribution in [0.1, 0.15) is 18.2 Å². The third kappa shape index (κ3) is 5.36. The topological polar surface area (TPSA) is 137 Å². The van der Waals surface area contributed by atoms with Gasteiger partial charge >= 0.3 is 0 Å². The second-order valence-electron chi connectivity index (χ2n) is 5.79. The second-order valence-corrected chi connectivity index (χ2v) is 5.79. The summed E-state index contributed by atoms with van der Waals surface area (Å²) < 4.78 is 5.36. The van der Waals surface area contributed by atoms with Gasteiger partial charge in [-0.05, 0) is 31.5 Å². The van der Waals surface area contributed by atoms with E-state index in [0.29, 0.717) is 37.1 Å². The summed E-state index contributed by atoms with van der Waals surface area (Å²) in [6, 6.07) is 3.76. The molecule has 0 atom stereocenters. The zero-order chi connectivity index (χ0) is 20.5. The van der Waals surface area contributed by atoms with Crippen LogP contribution in [0.15, 0.2) is 18.3 Å². The highest BCUT2D eigenvalue weighted by atomic mass is 16.5. The Morgan fingerprint density at radius 1 is 1.29 bits per heavy atom. The first-order valence-electron chi connectivity index (χ1n) is 8.92. The smallest absolute Gasteiger partial charge is 0.271 e. The number of pyridine rings is 1. The minimum absolute atomic E-state index is 0.172. The van der Waals surface area contributed by atoms with Crippen molar-refractivity contribution in [3.8, 4) is 0 Å². The van der Waals surface area contributed by atoms with Crippen LogP contribution in [-0.4, -0.2) is 60.4 Å². The predicted octanol–water partition coefficient (Wildman–Crippen LogP) is 1.53. The van der Waals surface area contributed by atoms with Gasteiger partial charge in [0.1, 0.15) is 22.9 Å². The number of anilines is 4. The highest BCUT2D eigenvalue weighted by Crippen LogP contribution is 2.28. The minimum atomic E-state index is -0.548. The molecule has 150 valence electrons. The van der Waals surface area contributed by atoms with Crippen LogP contribution in [0.5, 0.6) is 0 Å². The van der Waals surface area contributed by atoms with Crippen molar-refractivity contribution < 1.29 is 9.53 Å². The van der Waals surface area contributed by atoms with Crippen LogP contribution in [0.2, 0.25) is 0 Å². The summed E-state index contributed by atoms with van der Waals surface area (Å²) in [4.78, 5) is 25.1. The number of rotatable bonds is 10. The molecule has 2 aromatic rings. The van der Waals surface area contributed by atoms with E-state index in [0.717, 1.165) is 5.56 Å². The van der Waals surface area contributed by atoms with Gasteiger partial charge in [0, 0.05) is 33.4 Å². The lowest BCUT2D eigenvalue weighted by molar-refractivity contribution is -0.114. The summed E-state index contributed by atoms with van der Waals surface area (Å²) in [7, 11) is 3.13. The van der Waals surface area contributed by atoms with Crippen LogP contribution in [0.4, 0.5) is 23.3 Å². The summed E-state index contributed by atoms with van der Waals surface area (Å²) in [5.41, 5.74) is 1.35. The van der Waals surface area contributed by atoms with Crippen molar-refractivity contribution in [2.75, 3.05) is 49.8 Å². The molecule has 2 rings (SSSR count). The van der Waals surface area contributed by atoms with Gasteiger partial charge in [-0.1, -0.05) is 0 Å². The number of carbonyl (C=O) groups is 1. The predicted molar refractivity (Wildman–Crippen MR) is 110 cm³/mol. The largest absolute Gasteiger partial charge is 0.380 e. The van der Waals surface area contributed by atoms with Gasteiger partial charge in [-0.3, -0.25) is 10.2 Å². The molecule has 2 aromatic heterocycles. The van der Waals surface area contributed by atoms with Crippen molar-refractivity contribution >= 4 is 34.9 Å². The zero-order valence-corrected chi connectivity index (χ0v) is 16.5. The molecule has 0 aromatic carbocycles. The molecule has 10 heteroatoms. The first-order valence-corrected chi connectivity index (χ1v) is 8.92. The van der Waals surface area contributed by atoms with Crippen LogP contribution >= 0.6 is 0 Å². The van der Waals surface area contributed by atoms with Gasteiger partial charge in [-0.25, -0.2) is 9.97 Å². The Morgan fingerprint density at radius 3 is 2.71 bits per heavy atom. The summed E-state index contributed by atoms with van der Waals surface area (Å²) in [5.74, 6) is 0.714. The van der Waals surface area contributed by atoms with Gasteiger partial charge in [-0.15, -0.1) is 0 Å². The molecular formula is C18H26N8O2. The molecule has 5 N–H and O–H groups in total. The summed E-state index contributed by atoms with van der Waals surface area (Å²) in [5, 5.41) is 19.9. The Balaban J connectivity index is 2.49. The molecule has 1 amide bonds. The lowest BCUT2D eigenvalue weighted by Crippen LogP contribution is -2.30. The fraction of sp³-hybridized carbons (Fsp3) is 0.389. The number of amides is 1. The second kappa shape index (κ2) is 10.2. The van der Waals surface area contributed by atoms with Gasteiger partial charge < -0.3 is 26.0 Å². The molecular weight excluding hydrogens is 360 g/mol. The van der Waals surface area contributed by atoms with E-state index in [4.69, 9.17) is 10.1 Å². The van der Waals surface area contributed by atoms with E-state index in [1.165, 1.54) is 7.05 Å². The lowest BCUT2D eigenvalue weighted by atomic mass is 10.2. The standard InChI is InChI=1S/C18H26N8O2/c1-5-28-9-8-23-15-14(13(19)17(27)20-3)25-18(21-4)26-16(15)24-12-10-11(2)6-7-22-12/h6-7,10,19,23H,5,8-9H2,1-4H3,(H,20,27)(H2,21,22,24,25,26). The number of aryl methyl sites for hydroxylation is 1. The van der Waals surface area contributed by atoms with E-state index in [2.05, 4.69) is 36.2 Å². The lowest BCUT2D eigenvalue weighted by Gasteiger charge is -2.17. The van der Waals surface area contributed by atoms with Gasteiger partial charge in [0.05, 0.1) is 6.61 Å². The number of nitrogens with zero attached hydrogens (tertiary/aromatic N) is 3. The number of ether oxygens (including phenoxy) is 1. The van der Waals surface area contributed by atoms with Crippen LogP contribution in [0.3, 0.4) is 0 Å². The van der Waals surface area contributed by atoms with Crippen molar-refractivity contribution in [1.82, 2.24) is 20.3 Å². The molecule has 0 bridgehead atoms. The van der Waals surface area contributed by atoms with Gasteiger partial charge in [0.15, 0.2) is 5.82 Å². The van der Waals surface area contributed by atoms with E-state index in [1.54, 1.807) is 13.2 Å². The Morgan fingerprint density at radius 2 is 2.07 bits per heavy atom. The molecule has 0 saturated carbocycles. The maximum absolute atomic E-state index is 12.1. The van der Waals surface area contributed by atoms with E-state index in [1.807, 2.05) is 26.0 Å². The van der Waals surface area contributed by atoms with Crippen molar-refractivity contribution in [2.24, 2.45) is 0 Å². The Bertz CT molecular complexity index is 840. The highest BCUT2D eigenvalue weighted by Gasteiger charge is 2.22. The molecule has 0 aliphatic carbocycles. The number of likely N-dealkylation sites (N-methyl/N-ethyl adjacent to an activating group) is 1. The monoisotopic (exact) mass is 386 g/mol. The van der Waals surface area contributed by atoms with Crippen molar-refractivity contribution in [3.63, 3.8) is 0 Å². The van der Waals surface area contributed by atoms with Crippen LogP contribution in [0.25, 0.3) is 0 Å².